The summed E-state index contributed by atoms with van der Waals surface area (Å²) >= 11 is 0. The van der Waals surface area contributed by atoms with Crippen LogP contribution in [-0.2, 0) is 22.7 Å². The molecule has 0 radical (unpaired) electrons. The van der Waals surface area contributed by atoms with Crippen LogP contribution in [0, 0.1) is 5.92 Å². The Labute approximate surface area is 159 Å². The lowest BCUT2D eigenvalue weighted by atomic mass is 9.87. The van der Waals surface area contributed by atoms with Crippen molar-refractivity contribution in [3.05, 3.63) is 34.9 Å². The van der Waals surface area contributed by atoms with Gasteiger partial charge >= 0.3 is 0 Å². The summed E-state index contributed by atoms with van der Waals surface area (Å²) in [4.78, 5) is 37.8. The zero-order valence-electron chi connectivity index (χ0n) is 15.8. The number of rotatable bonds is 4. The summed E-state index contributed by atoms with van der Waals surface area (Å²) in [6, 6.07) is 5.99. The number of imide groups is 1. The van der Waals surface area contributed by atoms with Crippen molar-refractivity contribution >= 4 is 17.7 Å². The smallest absolute Gasteiger partial charge is 0.255 e. The summed E-state index contributed by atoms with van der Waals surface area (Å²) < 4.78 is 0. The normalized spacial score (nSPS) is 28.3. The van der Waals surface area contributed by atoms with E-state index in [1.807, 2.05) is 12.1 Å². The number of nitrogens with one attached hydrogen (secondary N) is 2. The fourth-order valence-electron chi connectivity index (χ4n) is 4.62. The van der Waals surface area contributed by atoms with Crippen molar-refractivity contribution in [2.24, 2.45) is 5.92 Å². The Bertz CT molecular complexity index is 776. The number of benzene rings is 1. The van der Waals surface area contributed by atoms with E-state index in [9.17, 15) is 14.4 Å². The average Bonchev–Trinajstić information content (AvgIpc) is 2.96. The van der Waals surface area contributed by atoms with Crippen LogP contribution in [0.15, 0.2) is 18.2 Å². The highest BCUT2D eigenvalue weighted by molar-refractivity contribution is 6.05. The molecule has 6 nitrogen and oxygen atoms in total. The van der Waals surface area contributed by atoms with Gasteiger partial charge in [0.05, 0.1) is 0 Å². The number of hydrogen-bond donors (Lipinski definition) is 2. The van der Waals surface area contributed by atoms with Gasteiger partial charge in [-0.2, -0.15) is 0 Å². The number of nitrogens with zero attached hydrogens (tertiary/aromatic N) is 1. The Kier molecular flexibility index (Phi) is 5.00. The molecule has 1 saturated heterocycles. The molecule has 4 rings (SSSR count). The molecule has 3 atom stereocenters. The van der Waals surface area contributed by atoms with Gasteiger partial charge in [0.1, 0.15) is 6.04 Å². The highest BCUT2D eigenvalue weighted by atomic mass is 16.2. The highest BCUT2D eigenvalue weighted by Gasteiger charge is 2.39. The third kappa shape index (κ3) is 3.76. The third-order valence-corrected chi connectivity index (χ3v) is 6.12. The predicted octanol–water partition coefficient (Wildman–Crippen LogP) is 2.12. The quantitative estimate of drug-likeness (QED) is 0.797. The Hall–Kier alpha value is -2.21. The first kappa shape index (κ1) is 18.2. The molecule has 3 amide bonds. The minimum Gasteiger partial charge on any atom is -0.322 e. The minimum absolute atomic E-state index is 0.111. The van der Waals surface area contributed by atoms with E-state index in [1.54, 1.807) is 4.90 Å². The van der Waals surface area contributed by atoms with Crippen LogP contribution in [0.2, 0.25) is 0 Å². The van der Waals surface area contributed by atoms with E-state index < -0.39 is 6.04 Å². The number of fused-ring (bicyclic) bond motifs is 1. The van der Waals surface area contributed by atoms with Gasteiger partial charge in [0, 0.05) is 31.1 Å². The summed E-state index contributed by atoms with van der Waals surface area (Å²) in [5.74, 6) is 0.0580. The molecule has 0 spiro atoms. The summed E-state index contributed by atoms with van der Waals surface area (Å²) in [6.45, 7) is 3.56. The van der Waals surface area contributed by atoms with Gasteiger partial charge in [0.15, 0.2) is 0 Å². The van der Waals surface area contributed by atoms with Crippen LogP contribution in [0.4, 0.5) is 0 Å². The molecule has 2 heterocycles. The average molecular weight is 369 g/mol. The second kappa shape index (κ2) is 7.43. The second-order valence-electron chi connectivity index (χ2n) is 8.24. The number of carbonyl (C=O) groups excluding carboxylic acids is 3. The van der Waals surface area contributed by atoms with Gasteiger partial charge in [-0.15, -0.1) is 0 Å². The molecular formula is C21H27N3O3. The molecule has 144 valence electrons. The van der Waals surface area contributed by atoms with Crippen molar-refractivity contribution < 1.29 is 14.4 Å². The fourth-order valence-corrected chi connectivity index (χ4v) is 4.62. The molecule has 27 heavy (non-hydrogen) atoms. The van der Waals surface area contributed by atoms with E-state index in [2.05, 4.69) is 23.6 Å². The molecule has 2 N–H and O–H groups in total. The van der Waals surface area contributed by atoms with Gasteiger partial charge in [-0.1, -0.05) is 31.9 Å². The van der Waals surface area contributed by atoms with Crippen LogP contribution in [0.1, 0.15) is 66.9 Å². The lowest BCUT2D eigenvalue weighted by Gasteiger charge is -2.29. The molecule has 1 unspecified atom stereocenters. The Morgan fingerprint density at radius 2 is 2.04 bits per heavy atom. The number of piperidine rings is 1. The molecule has 2 aliphatic heterocycles. The van der Waals surface area contributed by atoms with Crippen molar-refractivity contribution in [1.82, 2.24) is 15.5 Å². The third-order valence-electron chi connectivity index (χ3n) is 6.12. The van der Waals surface area contributed by atoms with Crippen LogP contribution in [-0.4, -0.2) is 34.7 Å². The molecule has 1 aliphatic carbocycles. The van der Waals surface area contributed by atoms with Crippen LogP contribution >= 0.6 is 0 Å². The van der Waals surface area contributed by atoms with Gasteiger partial charge in [0.2, 0.25) is 11.8 Å². The Morgan fingerprint density at radius 3 is 2.81 bits per heavy atom. The number of hydrogen-bond acceptors (Lipinski definition) is 4. The van der Waals surface area contributed by atoms with E-state index in [4.69, 9.17) is 0 Å². The first-order valence-electron chi connectivity index (χ1n) is 10.0. The lowest BCUT2D eigenvalue weighted by molar-refractivity contribution is -0.136. The maximum atomic E-state index is 12.7. The highest BCUT2D eigenvalue weighted by Crippen LogP contribution is 2.28. The van der Waals surface area contributed by atoms with E-state index in [-0.39, 0.29) is 24.1 Å². The van der Waals surface area contributed by atoms with Crippen molar-refractivity contribution in [3.63, 3.8) is 0 Å². The molecular weight excluding hydrogens is 342 g/mol. The molecule has 1 saturated carbocycles. The van der Waals surface area contributed by atoms with Crippen LogP contribution < -0.4 is 10.6 Å². The Balaban J connectivity index is 1.41. The minimum atomic E-state index is -0.548. The number of carbonyl (C=O) groups is 3. The molecule has 2 fully saturated rings. The van der Waals surface area contributed by atoms with Crippen LogP contribution in [0.5, 0.6) is 0 Å². The molecule has 0 bridgehead atoms. The molecule has 3 aliphatic rings. The zero-order valence-corrected chi connectivity index (χ0v) is 15.8. The molecule has 1 aromatic carbocycles. The summed E-state index contributed by atoms with van der Waals surface area (Å²) in [7, 11) is 0. The van der Waals surface area contributed by atoms with Crippen LogP contribution in [0.3, 0.4) is 0 Å². The van der Waals surface area contributed by atoms with Crippen molar-refractivity contribution in [2.75, 3.05) is 0 Å². The monoisotopic (exact) mass is 369 g/mol. The largest absolute Gasteiger partial charge is 0.322 e. The lowest BCUT2D eigenvalue weighted by Crippen LogP contribution is -2.52. The van der Waals surface area contributed by atoms with Gasteiger partial charge in [-0.25, -0.2) is 0 Å². The maximum Gasteiger partial charge on any atom is 0.255 e. The summed E-state index contributed by atoms with van der Waals surface area (Å²) in [5.41, 5.74) is 2.82. The van der Waals surface area contributed by atoms with E-state index in [0.29, 0.717) is 24.6 Å². The predicted molar refractivity (Wildman–Crippen MR) is 101 cm³/mol. The van der Waals surface area contributed by atoms with E-state index in [0.717, 1.165) is 18.0 Å². The van der Waals surface area contributed by atoms with Gasteiger partial charge < -0.3 is 10.2 Å². The first-order chi connectivity index (χ1) is 13.0. The van der Waals surface area contributed by atoms with Crippen molar-refractivity contribution in [2.45, 2.75) is 70.6 Å². The molecule has 0 aromatic heterocycles. The van der Waals surface area contributed by atoms with Gasteiger partial charge in [-0.05, 0) is 42.4 Å². The fraction of sp³-hybridized carbons (Fsp3) is 0.571. The topological polar surface area (TPSA) is 78.5 Å². The molecule has 6 heteroatoms. The van der Waals surface area contributed by atoms with Gasteiger partial charge in [-0.3, -0.25) is 19.7 Å². The summed E-state index contributed by atoms with van der Waals surface area (Å²) in [6.07, 6.45) is 5.77. The van der Waals surface area contributed by atoms with Crippen molar-refractivity contribution in [1.29, 1.82) is 0 Å². The van der Waals surface area contributed by atoms with Crippen LogP contribution in [0.25, 0.3) is 0 Å². The summed E-state index contributed by atoms with van der Waals surface area (Å²) in [5, 5.41) is 6.00. The van der Waals surface area contributed by atoms with E-state index >= 15 is 0 Å². The van der Waals surface area contributed by atoms with Gasteiger partial charge in [0.25, 0.3) is 5.91 Å². The number of amides is 3. The standard InChI is InChI=1S/C21H27N3O3/c1-13-3-2-4-16(9-13)22-11-14-5-6-17-15(10-14)12-24(21(17)27)18-7-8-19(25)23-20(18)26/h5-6,10,13,16,18,22H,2-4,7-9,11-12H2,1H3,(H,23,25,26)/t13-,16-,18?/m1/s1. The zero-order chi connectivity index (χ0) is 19.0. The van der Waals surface area contributed by atoms with E-state index in [1.165, 1.54) is 31.2 Å². The SMILES string of the molecule is C[C@@H]1CCC[C@@H](NCc2ccc3c(c2)CN(C2CCC(=O)NC2=O)C3=O)C1. The molecule has 1 aromatic rings. The van der Waals surface area contributed by atoms with Crippen molar-refractivity contribution in [3.8, 4) is 0 Å². The maximum absolute atomic E-state index is 12.7. The Morgan fingerprint density at radius 1 is 1.19 bits per heavy atom. The second-order valence-corrected chi connectivity index (χ2v) is 8.24. The first-order valence-corrected chi connectivity index (χ1v) is 10.0.